The zero-order chi connectivity index (χ0) is 16.1. The Hall–Kier alpha value is -2.02. The summed E-state index contributed by atoms with van der Waals surface area (Å²) in [5, 5.41) is 12.9. The zero-order valence-corrected chi connectivity index (χ0v) is 12.5. The minimum Gasteiger partial charge on any atom is -0.385 e. The van der Waals surface area contributed by atoms with Crippen LogP contribution in [0.5, 0.6) is 0 Å². The van der Waals surface area contributed by atoms with Gasteiger partial charge in [0.1, 0.15) is 17.5 Å². The first kappa shape index (κ1) is 14.9. The lowest BCUT2D eigenvalue weighted by Gasteiger charge is -2.29. The van der Waals surface area contributed by atoms with Gasteiger partial charge in [-0.05, 0) is 37.3 Å². The van der Waals surface area contributed by atoms with Crippen LogP contribution in [0.4, 0.5) is 9.18 Å². The van der Waals surface area contributed by atoms with Crippen LogP contribution in [0.1, 0.15) is 38.5 Å². The van der Waals surface area contributed by atoms with Crippen LogP contribution >= 0.6 is 0 Å². The molecule has 22 heavy (non-hydrogen) atoms. The number of aliphatic hydroxyl groups is 1. The predicted octanol–water partition coefficient (Wildman–Crippen LogP) is 1.36. The third kappa shape index (κ3) is 2.16. The monoisotopic (exact) mass is 307 g/mol. The van der Waals surface area contributed by atoms with Crippen LogP contribution in [0.2, 0.25) is 0 Å². The minimum atomic E-state index is -1.15. The number of hydrogen-bond acceptors (Lipinski definition) is 4. The summed E-state index contributed by atoms with van der Waals surface area (Å²) in [5.74, 6) is -0.848. The molecule has 1 aliphatic heterocycles. The Balaban J connectivity index is 1.76. The molecular formula is C15H18FN3O3. The summed E-state index contributed by atoms with van der Waals surface area (Å²) in [6, 6.07) is 1.99. The largest absolute Gasteiger partial charge is 0.385 e. The molecule has 0 radical (unpaired) electrons. The number of amides is 3. The molecule has 1 aromatic rings. The summed E-state index contributed by atoms with van der Waals surface area (Å²) < 4.78 is 12.8. The highest BCUT2D eigenvalue weighted by Crippen LogP contribution is 2.55. The van der Waals surface area contributed by atoms with Gasteiger partial charge in [0, 0.05) is 0 Å². The fraction of sp³-hybridized carbons (Fsp3) is 0.533. The van der Waals surface area contributed by atoms with Crippen molar-refractivity contribution in [3.63, 3.8) is 0 Å². The number of β-amino-alcohol motifs (C(OH)–C–C–N with tert-alkyl or cyclic N) is 1. The van der Waals surface area contributed by atoms with E-state index in [9.17, 15) is 19.1 Å². The molecule has 1 aliphatic carbocycles. The number of rotatable bonds is 4. The third-order valence-electron chi connectivity index (χ3n) is 4.93. The second-order valence-corrected chi connectivity index (χ2v) is 6.45. The zero-order valence-electron chi connectivity index (χ0n) is 12.5. The average Bonchev–Trinajstić information content (AvgIpc) is 3.19. The van der Waals surface area contributed by atoms with Gasteiger partial charge in [0.2, 0.25) is 0 Å². The van der Waals surface area contributed by atoms with E-state index in [2.05, 4.69) is 10.3 Å². The Morgan fingerprint density at radius 1 is 1.41 bits per heavy atom. The van der Waals surface area contributed by atoms with E-state index in [1.165, 1.54) is 12.1 Å². The molecule has 1 saturated heterocycles. The number of halogens is 1. The van der Waals surface area contributed by atoms with E-state index in [0.717, 1.165) is 23.9 Å². The van der Waals surface area contributed by atoms with Gasteiger partial charge in [0.05, 0.1) is 18.4 Å². The smallest absolute Gasteiger partial charge is 0.325 e. The maximum Gasteiger partial charge on any atom is 0.325 e. The molecule has 1 saturated carbocycles. The normalized spacial score (nSPS) is 27.7. The summed E-state index contributed by atoms with van der Waals surface area (Å²) in [6.07, 6.45) is 1.60. The fourth-order valence-corrected chi connectivity index (χ4v) is 2.81. The van der Waals surface area contributed by atoms with E-state index >= 15 is 0 Å². The van der Waals surface area contributed by atoms with Crippen molar-refractivity contribution < 1.29 is 19.1 Å². The highest BCUT2D eigenvalue weighted by Gasteiger charge is 2.63. The Morgan fingerprint density at radius 2 is 2.09 bits per heavy atom. The molecule has 118 valence electrons. The summed E-state index contributed by atoms with van der Waals surface area (Å²) in [5.41, 5.74) is -0.943. The molecule has 0 bridgehead atoms. The van der Waals surface area contributed by atoms with Crippen LogP contribution in [0.25, 0.3) is 0 Å². The number of aromatic nitrogens is 1. The number of carbonyl (C=O) groups excluding carboxylic acids is 2. The minimum absolute atomic E-state index is 0.199. The molecule has 2 fully saturated rings. The van der Waals surface area contributed by atoms with Crippen molar-refractivity contribution in [2.45, 2.75) is 38.3 Å². The van der Waals surface area contributed by atoms with Crippen LogP contribution in [0, 0.1) is 11.2 Å². The highest BCUT2D eigenvalue weighted by molar-refractivity contribution is 6.07. The van der Waals surface area contributed by atoms with Gasteiger partial charge in [0.15, 0.2) is 0 Å². The quantitative estimate of drug-likeness (QED) is 0.823. The van der Waals surface area contributed by atoms with Crippen molar-refractivity contribution in [1.82, 2.24) is 15.2 Å². The average molecular weight is 307 g/mol. The van der Waals surface area contributed by atoms with Crippen molar-refractivity contribution in [2.24, 2.45) is 5.41 Å². The van der Waals surface area contributed by atoms with Crippen molar-refractivity contribution >= 4 is 11.9 Å². The second kappa shape index (κ2) is 4.74. The summed E-state index contributed by atoms with van der Waals surface area (Å²) >= 11 is 0. The number of urea groups is 1. The molecule has 2 aliphatic rings. The molecule has 0 aromatic carbocycles. The van der Waals surface area contributed by atoms with Gasteiger partial charge in [-0.3, -0.25) is 14.7 Å². The molecule has 2 N–H and O–H groups in total. The standard InChI is InChI=1S/C15H18FN3O3/c1-14(5-6-14)15(2)12(21)19(13(22)18-15)8-11(20)10-4-3-9(16)7-17-10/h3-4,7,11,20H,5-6,8H2,1-2H3,(H,18,22). The van der Waals surface area contributed by atoms with Crippen molar-refractivity contribution in [3.05, 3.63) is 29.8 Å². The van der Waals surface area contributed by atoms with Crippen molar-refractivity contribution in [3.8, 4) is 0 Å². The summed E-state index contributed by atoms with van der Waals surface area (Å²) in [6.45, 7) is 3.49. The van der Waals surface area contributed by atoms with E-state index in [1.807, 2.05) is 6.92 Å². The van der Waals surface area contributed by atoms with Gasteiger partial charge < -0.3 is 10.4 Å². The number of nitrogens with one attached hydrogen (secondary N) is 1. The number of imide groups is 1. The highest BCUT2D eigenvalue weighted by atomic mass is 19.1. The molecule has 3 amide bonds. The second-order valence-electron chi connectivity index (χ2n) is 6.45. The van der Waals surface area contributed by atoms with Crippen LogP contribution in [-0.2, 0) is 4.79 Å². The van der Waals surface area contributed by atoms with E-state index in [0.29, 0.717) is 0 Å². The van der Waals surface area contributed by atoms with Crippen LogP contribution < -0.4 is 5.32 Å². The predicted molar refractivity (Wildman–Crippen MR) is 75.1 cm³/mol. The van der Waals surface area contributed by atoms with E-state index in [4.69, 9.17) is 0 Å². The third-order valence-corrected chi connectivity index (χ3v) is 4.93. The number of hydrogen-bond donors (Lipinski definition) is 2. The van der Waals surface area contributed by atoms with Gasteiger partial charge in [-0.2, -0.15) is 0 Å². The Bertz CT molecular complexity index is 629. The van der Waals surface area contributed by atoms with Crippen LogP contribution in [-0.4, -0.2) is 39.0 Å². The van der Waals surface area contributed by atoms with Gasteiger partial charge in [-0.25, -0.2) is 9.18 Å². The first-order valence-electron chi connectivity index (χ1n) is 7.20. The van der Waals surface area contributed by atoms with Crippen molar-refractivity contribution in [2.75, 3.05) is 6.54 Å². The van der Waals surface area contributed by atoms with Gasteiger partial charge in [0.25, 0.3) is 5.91 Å². The first-order chi connectivity index (χ1) is 10.3. The molecular weight excluding hydrogens is 289 g/mol. The molecule has 6 nitrogen and oxygen atoms in total. The molecule has 1 aromatic heterocycles. The molecule has 3 rings (SSSR count). The fourth-order valence-electron chi connectivity index (χ4n) is 2.81. The summed E-state index contributed by atoms with van der Waals surface area (Å²) in [7, 11) is 0. The molecule has 0 spiro atoms. The maximum absolute atomic E-state index is 12.8. The Morgan fingerprint density at radius 3 is 2.64 bits per heavy atom. The van der Waals surface area contributed by atoms with Gasteiger partial charge in [-0.1, -0.05) is 6.92 Å². The number of carbonyl (C=O) groups is 2. The van der Waals surface area contributed by atoms with Gasteiger partial charge >= 0.3 is 6.03 Å². The first-order valence-corrected chi connectivity index (χ1v) is 7.20. The van der Waals surface area contributed by atoms with Crippen LogP contribution in [0.3, 0.4) is 0 Å². The van der Waals surface area contributed by atoms with E-state index < -0.39 is 23.5 Å². The van der Waals surface area contributed by atoms with Crippen molar-refractivity contribution in [1.29, 1.82) is 0 Å². The number of aliphatic hydroxyl groups excluding tert-OH is 1. The summed E-state index contributed by atoms with van der Waals surface area (Å²) in [4.78, 5) is 29.5. The van der Waals surface area contributed by atoms with Crippen LogP contribution in [0.15, 0.2) is 18.3 Å². The lowest BCUT2D eigenvalue weighted by Crippen LogP contribution is -2.51. The van der Waals surface area contributed by atoms with Gasteiger partial charge in [-0.15, -0.1) is 0 Å². The van der Waals surface area contributed by atoms with E-state index in [-0.39, 0.29) is 23.6 Å². The Kier molecular flexibility index (Phi) is 3.21. The number of pyridine rings is 1. The number of nitrogens with zero attached hydrogens (tertiary/aromatic N) is 2. The SMILES string of the molecule is CC1(C2(C)NC(=O)N(CC(O)c3ccc(F)cn3)C2=O)CC1. The topological polar surface area (TPSA) is 82.5 Å². The van der Waals surface area contributed by atoms with E-state index in [1.54, 1.807) is 6.92 Å². The molecule has 2 atom stereocenters. The molecule has 2 heterocycles. The molecule has 2 unspecified atom stereocenters. The Labute approximate surface area is 127 Å². The maximum atomic E-state index is 12.8. The molecule has 7 heteroatoms. The lowest BCUT2D eigenvalue weighted by molar-refractivity contribution is -0.133. The lowest BCUT2D eigenvalue weighted by atomic mass is 9.84.